The molecule has 1 aromatic rings. The number of benzene rings is 1. The fourth-order valence-corrected chi connectivity index (χ4v) is 3.15. The number of alkyl halides is 1. The molecule has 1 rings (SSSR count). The lowest BCUT2D eigenvalue weighted by Gasteiger charge is -2.10. The van der Waals surface area contributed by atoms with Gasteiger partial charge in [0, 0.05) is 13.7 Å². The summed E-state index contributed by atoms with van der Waals surface area (Å²) >= 11 is 11.7. The summed E-state index contributed by atoms with van der Waals surface area (Å²) in [4.78, 5) is 0.0736. The van der Waals surface area contributed by atoms with E-state index >= 15 is 0 Å². The van der Waals surface area contributed by atoms with Crippen molar-refractivity contribution in [3.05, 3.63) is 29.3 Å². The van der Waals surface area contributed by atoms with Crippen molar-refractivity contribution in [1.82, 2.24) is 4.72 Å². The molecule has 0 aliphatic carbocycles. The third-order valence-corrected chi connectivity index (χ3v) is 4.53. The molecule has 18 heavy (non-hydrogen) atoms. The molecule has 1 aromatic carbocycles. The van der Waals surface area contributed by atoms with E-state index in [1.807, 2.05) is 0 Å². The van der Waals surface area contributed by atoms with Crippen LogP contribution >= 0.6 is 23.2 Å². The van der Waals surface area contributed by atoms with E-state index in [0.717, 1.165) is 0 Å². The van der Waals surface area contributed by atoms with Crippen LogP contribution in [0.2, 0.25) is 5.02 Å². The maximum absolute atomic E-state index is 11.9. The Morgan fingerprint density at radius 3 is 2.67 bits per heavy atom. The summed E-state index contributed by atoms with van der Waals surface area (Å²) in [5.41, 5.74) is 0. The Labute approximate surface area is 117 Å². The van der Waals surface area contributed by atoms with Gasteiger partial charge in [0.2, 0.25) is 10.0 Å². The minimum absolute atomic E-state index is 0.0736. The fraction of sp³-hybridized carbons (Fsp3) is 0.455. The van der Waals surface area contributed by atoms with Gasteiger partial charge >= 0.3 is 0 Å². The highest BCUT2D eigenvalue weighted by Gasteiger charge is 2.17. The summed E-state index contributed by atoms with van der Waals surface area (Å²) in [5, 5.41) is -0.0201. The monoisotopic (exact) mass is 311 g/mol. The van der Waals surface area contributed by atoms with E-state index in [4.69, 9.17) is 27.9 Å². The predicted molar refractivity (Wildman–Crippen MR) is 72.8 cm³/mol. The zero-order valence-electron chi connectivity index (χ0n) is 9.90. The first-order chi connectivity index (χ1) is 8.47. The molecule has 0 saturated heterocycles. The highest BCUT2D eigenvalue weighted by molar-refractivity contribution is 7.89. The first-order valence-electron chi connectivity index (χ1n) is 5.34. The normalized spacial score (nSPS) is 13.5. The average molecular weight is 312 g/mol. The van der Waals surface area contributed by atoms with Crippen LogP contribution < -0.4 is 4.72 Å². The quantitative estimate of drug-likeness (QED) is 0.786. The molecule has 0 spiro atoms. The standard InChI is InChI=1S/C11H15Cl2NO3S/c1-17-8-9(12)6-7-14-18(15,16)11-5-3-2-4-10(11)13/h2-5,9,14H,6-8H2,1H3. The molecule has 4 nitrogen and oxygen atoms in total. The molecule has 0 aromatic heterocycles. The lowest BCUT2D eigenvalue weighted by molar-refractivity contribution is 0.196. The highest BCUT2D eigenvalue weighted by Crippen LogP contribution is 2.20. The zero-order valence-corrected chi connectivity index (χ0v) is 12.2. The smallest absolute Gasteiger partial charge is 0.242 e. The second-order valence-electron chi connectivity index (χ2n) is 3.67. The summed E-state index contributed by atoms with van der Waals surface area (Å²) in [6.07, 6.45) is 0.485. The van der Waals surface area contributed by atoms with E-state index in [1.54, 1.807) is 19.2 Å². The number of nitrogens with one attached hydrogen (secondary N) is 1. The summed E-state index contributed by atoms with van der Waals surface area (Å²) in [5.74, 6) is 0. The topological polar surface area (TPSA) is 55.4 Å². The van der Waals surface area contributed by atoms with Crippen LogP contribution in [0.5, 0.6) is 0 Å². The number of methoxy groups -OCH3 is 1. The Balaban J connectivity index is 2.59. The van der Waals surface area contributed by atoms with E-state index in [-0.39, 0.29) is 21.8 Å². The molecular weight excluding hydrogens is 297 g/mol. The van der Waals surface area contributed by atoms with Gasteiger partial charge in [0.25, 0.3) is 0 Å². The summed E-state index contributed by atoms with van der Waals surface area (Å²) in [7, 11) is -2.04. The van der Waals surface area contributed by atoms with Crippen molar-refractivity contribution in [2.45, 2.75) is 16.7 Å². The van der Waals surface area contributed by atoms with Crippen LogP contribution in [0.1, 0.15) is 6.42 Å². The van der Waals surface area contributed by atoms with Gasteiger partial charge in [-0.3, -0.25) is 0 Å². The predicted octanol–water partition coefficient (Wildman–Crippen LogP) is 2.26. The Morgan fingerprint density at radius 2 is 2.06 bits per heavy atom. The number of ether oxygens (including phenoxy) is 1. The van der Waals surface area contributed by atoms with E-state index in [0.29, 0.717) is 13.0 Å². The summed E-state index contributed by atoms with van der Waals surface area (Å²) in [6.45, 7) is 0.625. The molecule has 7 heteroatoms. The Bertz CT molecular complexity index is 479. The van der Waals surface area contributed by atoms with Crippen LogP contribution in [0, 0.1) is 0 Å². The Kier molecular flexibility index (Phi) is 6.38. The summed E-state index contributed by atoms with van der Waals surface area (Å²) < 4.78 is 31.2. The lowest BCUT2D eigenvalue weighted by atomic mass is 10.3. The number of halogens is 2. The Morgan fingerprint density at radius 1 is 1.39 bits per heavy atom. The third kappa shape index (κ3) is 4.74. The first-order valence-corrected chi connectivity index (χ1v) is 7.64. The van der Waals surface area contributed by atoms with Crippen LogP contribution in [0.3, 0.4) is 0 Å². The van der Waals surface area contributed by atoms with Gasteiger partial charge in [-0.15, -0.1) is 11.6 Å². The molecule has 102 valence electrons. The van der Waals surface area contributed by atoms with Crippen molar-refractivity contribution >= 4 is 33.2 Å². The van der Waals surface area contributed by atoms with Crippen LogP contribution in [0.15, 0.2) is 29.2 Å². The van der Waals surface area contributed by atoms with Gasteiger partial charge in [-0.25, -0.2) is 13.1 Å². The minimum atomic E-state index is -3.58. The molecule has 1 atom stereocenters. The van der Waals surface area contributed by atoms with Gasteiger partial charge < -0.3 is 4.74 Å². The van der Waals surface area contributed by atoms with Crippen LogP contribution in [-0.2, 0) is 14.8 Å². The SMILES string of the molecule is COCC(Cl)CCNS(=O)(=O)c1ccccc1Cl. The van der Waals surface area contributed by atoms with E-state index in [1.165, 1.54) is 12.1 Å². The maximum Gasteiger partial charge on any atom is 0.242 e. The Hall–Kier alpha value is -0.330. The average Bonchev–Trinajstić information content (AvgIpc) is 2.29. The number of hydrogen-bond acceptors (Lipinski definition) is 3. The van der Waals surface area contributed by atoms with E-state index in [9.17, 15) is 8.42 Å². The molecule has 1 unspecified atom stereocenters. The maximum atomic E-state index is 11.9. The number of sulfonamides is 1. The van der Waals surface area contributed by atoms with Crippen molar-refractivity contribution in [3.63, 3.8) is 0 Å². The van der Waals surface area contributed by atoms with Crippen molar-refractivity contribution < 1.29 is 13.2 Å². The van der Waals surface area contributed by atoms with Crippen molar-refractivity contribution in [3.8, 4) is 0 Å². The second kappa shape index (κ2) is 7.31. The fourth-order valence-electron chi connectivity index (χ4n) is 1.35. The first kappa shape index (κ1) is 15.7. The van der Waals surface area contributed by atoms with Gasteiger partial charge in [0.15, 0.2) is 0 Å². The third-order valence-electron chi connectivity index (χ3n) is 2.22. The largest absolute Gasteiger partial charge is 0.383 e. The van der Waals surface area contributed by atoms with Crippen LogP contribution in [0.4, 0.5) is 0 Å². The van der Waals surface area contributed by atoms with Crippen molar-refractivity contribution in [2.75, 3.05) is 20.3 Å². The molecule has 0 radical (unpaired) electrons. The van der Waals surface area contributed by atoms with E-state index < -0.39 is 10.0 Å². The van der Waals surface area contributed by atoms with Crippen LogP contribution in [-0.4, -0.2) is 34.1 Å². The molecule has 0 amide bonds. The van der Waals surface area contributed by atoms with Gasteiger partial charge in [-0.05, 0) is 18.6 Å². The molecule has 1 N–H and O–H groups in total. The van der Waals surface area contributed by atoms with Crippen LogP contribution in [0.25, 0.3) is 0 Å². The molecule has 0 fully saturated rings. The minimum Gasteiger partial charge on any atom is -0.383 e. The molecule has 0 aliphatic heterocycles. The summed E-state index contributed by atoms with van der Waals surface area (Å²) in [6, 6.07) is 6.29. The molecule has 0 bridgehead atoms. The van der Waals surface area contributed by atoms with E-state index in [2.05, 4.69) is 4.72 Å². The van der Waals surface area contributed by atoms with Crippen molar-refractivity contribution in [1.29, 1.82) is 0 Å². The van der Waals surface area contributed by atoms with Gasteiger partial charge in [-0.2, -0.15) is 0 Å². The number of hydrogen-bond donors (Lipinski definition) is 1. The molecule has 0 heterocycles. The van der Waals surface area contributed by atoms with Gasteiger partial charge in [0.1, 0.15) is 4.90 Å². The van der Waals surface area contributed by atoms with Gasteiger partial charge in [0.05, 0.1) is 17.0 Å². The van der Waals surface area contributed by atoms with Gasteiger partial charge in [-0.1, -0.05) is 23.7 Å². The second-order valence-corrected chi connectivity index (χ2v) is 6.43. The number of rotatable bonds is 7. The molecular formula is C11H15Cl2NO3S. The highest BCUT2D eigenvalue weighted by atomic mass is 35.5. The molecule has 0 saturated carbocycles. The molecule has 0 aliphatic rings. The lowest BCUT2D eigenvalue weighted by Crippen LogP contribution is -2.27. The van der Waals surface area contributed by atoms with Crippen molar-refractivity contribution in [2.24, 2.45) is 0 Å². The zero-order chi connectivity index (χ0) is 13.6.